The van der Waals surface area contributed by atoms with E-state index in [1.807, 2.05) is 0 Å². The number of hydrogen-bond acceptors (Lipinski definition) is 7. The number of carbonyl (C=O) groups excluding carboxylic acids is 2. The first kappa shape index (κ1) is 20.4. The minimum atomic E-state index is -0.809. The highest BCUT2D eigenvalue weighted by molar-refractivity contribution is 5.95. The average molecular weight is 386 g/mol. The molecular weight excluding hydrogens is 368 g/mol. The molecule has 0 bridgehead atoms. The molecule has 1 N–H and O–H groups in total. The van der Waals surface area contributed by atoms with Crippen LogP contribution in [0.1, 0.15) is 5.56 Å². The van der Waals surface area contributed by atoms with E-state index in [9.17, 15) is 19.7 Å². The van der Waals surface area contributed by atoms with Gasteiger partial charge >= 0.3 is 5.97 Å². The minimum absolute atomic E-state index is 0.142. The lowest BCUT2D eigenvalue weighted by Gasteiger charge is -2.09. The Morgan fingerprint density at radius 2 is 1.75 bits per heavy atom. The summed E-state index contributed by atoms with van der Waals surface area (Å²) < 4.78 is 15.0. The zero-order chi connectivity index (χ0) is 20.5. The standard InChI is InChI=1S/C19H18N2O7/c1-26-15-9-14(10-16(11-15)27-2)20-18(22)12-28-19(23)8-7-13-5-3-4-6-17(13)21(24)25/h3-11H,12H2,1-2H3,(H,20,22)/b8-7+. The van der Waals surface area contributed by atoms with Gasteiger partial charge in [-0.25, -0.2) is 4.79 Å². The molecule has 0 heterocycles. The lowest BCUT2D eigenvalue weighted by molar-refractivity contribution is -0.385. The number of esters is 1. The third-order valence-electron chi connectivity index (χ3n) is 3.51. The summed E-state index contributed by atoms with van der Waals surface area (Å²) in [5.74, 6) is -0.405. The summed E-state index contributed by atoms with van der Waals surface area (Å²) in [4.78, 5) is 34.1. The molecule has 0 saturated heterocycles. The Morgan fingerprint density at radius 3 is 2.36 bits per heavy atom. The molecular formula is C19H18N2O7. The number of hydrogen-bond donors (Lipinski definition) is 1. The van der Waals surface area contributed by atoms with Crippen LogP contribution in [-0.4, -0.2) is 37.6 Å². The second-order valence-electron chi connectivity index (χ2n) is 5.41. The Morgan fingerprint density at radius 1 is 1.11 bits per heavy atom. The molecule has 0 saturated carbocycles. The van der Waals surface area contributed by atoms with Crippen LogP contribution in [0.15, 0.2) is 48.5 Å². The summed E-state index contributed by atoms with van der Waals surface area (Å²) in [5, 5.41) is 13.5. The van der Waals surface area contributed by atoms with Crippen LogP contribution >= 0.6 is 0 Å². The molecule has 28 heavy (non-hydrogen) atoms. The number of anilines is 1. The fourth-order valence-electron chi connectivity index (χ4n) is 2.21. The number of carbonyl (C=O) groups is 2. The molecule has 0 fully saturated rings. The summed E-state index contributed by atoms with van der Waals surface area (Å²) in [7, 11) is 2.96. The summed E-state index contributed by atoms with van der Waals surface area (Å²) >= 11 is 0. The van der Waals surface area contributed by atoms with Gasteiger partial charge in [0.2, 0.25) is 0 Å². The van der Waals surface area contributed by atoms with E-state index < -0.39 is 23.4 Å². The van der Waals surface area contributed by atoms with Gasteiger partial charge in [-0.05, 0) is 12.1 Å². The molecule has 9 heteroatoms. The highest BCUT2D eigenvalue weighted by Crippen LogP contribution is 2.25. The zero-order valence-electron chi connectivity index (χ0n) is 15.2. The number of para-hydroxylation sites is 1. The van der Waals surface area contributed by atoms with Gasteiger partial charge in [0.25, 0.3) is 11.6 Å². The topological polar surface area (TPSA) is 117 Å². The number of nitro groups is 1. The van der Waals surface area contributed by atoms with Crippen molar-refractivity contribution in [2.75, 3.05) is 26.1 Å². The number of nitrogens with one attached hydrogen (secondary N) is 1. The molecule has 0 atom stereocenters. The number of methoxy groups -OCH3 is 2. The van der Waals surface area contributed by atoms with Crippen LogP contribution in [0.2, 0.25) is 0 Å². The van der Waals surface area contributed by atoms with Gasteiger partial charge in [-0.1, -0.05) is 12.1 Å². The fourth-order valence-corrected chi connectivity index (χ4v) is 2.21. The number of nitro benzene ring substituents is 1. The van der Waals surface area contributed by atoms with E-state index >= 15 is 0 Å². The highest BCUT2D eigenvalue weighted by Gasteiger charge is 2.11. The Labute approximate surface area is 160 Å². The van der Waals surface area contributed by atoms with E-state index in [2.05, 4.69) is 5.32 Å². The van der Waals surface area contributed by atoms with Gasteiger partial charge in [-0.3, -0.25) is 14.9 Å². The Hall–Kier alpha value is -3.88. The fraction of sp³-hybridized carbons (Fsp3) is 0.158. The van der Waals surface area contributed by atoms with Gasteiger partial charge in [0.05, 0.1) is 24.7 Å². The average Bonchev–Trinajstić information content (AvgIpc) is 2.70. The van der Waals surface area contributed by atoms with Crippen LogP contribution in [0.5, 0.6) is 11.5 Å². The van der Waals surface area contributed by atoms with Crippen molar-refractivity contribution in [1.82, 2.24) is 0 Å². The number of amides is 1. The number of ether oxygens (including phenoxy) is 3. The molecule has 2 aromatic carbocycles. The molecule has 2 aromatic rings. The second kappa shape index (κ2) is 9.72. The molecule has 9 nitrogen and oxygen atoms in total. The number of rotatable bonds is 8. The molecule has 0 aromatic heterocycles. The predicted molar refractivity (Wildman–Crippen MR) is 101 cm³/mol. The summed E-state index contributed by atoms with van der Waals surface area (Å²) in [6.45, 7) is -0.528. The van der Waals surface area contributed by atoms with Crippen LogP contribution in [0, 0.1) is 10.1 Å². The molecule has 0 radical (unpaired) electrons. The van der Waals surface area contributed by atoms with Gasteiger partial charge < -0.3 is 19.5 Å². The third-order valence-corrected chi connectivity index (χ3v) is 3.51. The number of nitrogens with zero attached hydrogens (tertiary/aromatic N) is 1. The number of benzene rings is 2. The largest absolute Gasteiger partial charge is 0.497 e. The lowest BCUT2D eigenvalue weighted by atomic mass is 10.1. The van der Waals surface area contributed by atoms with E-state index in [1.54, 1.807) is 24.3 Å². The van der Waals surface area contributed by atoms with Gasteiger partial charge in [-0.15, -0.1) is 0 Å². The normalized spacial score (nSPS) is 10.4. The lowest BCUT2D eigenvalue weighted by Crippen LogP contribution is -2.20. The molecule has 0 unspecified atom stereocenters. The van der Waals surface area contributed by atoms with Crippen LogP contribution in [0.4, 0.5) is 11.4 Å². The van der Waals surface area contributed by atoms with E-state index in [0.29, 0.717) is 17.2 Å². The van der Waals surface area contributed by atoms with E-state index in [1.165, 1.54) is 38.5 Å². The summed E-state index contributed by atoms with van der Waals surface area (Å²) in [6, 6.07) is 10.7. The monoisotopic (exact) mass is 386 g/mol. The quantitative estimate of drug-likeness (QED) is 0.321. The van der Waals surface area contributed by atoms with E-state index in [-0.39, 0.29) is 11.3 Å². The SMILES string of the molecule is COc1cc(NC(=O)COC(=O)/C=C/c2ccccc2[N+](=O)[O-])cc(OC)c1. The smallest absolute Gasteiger partial charge is 0.331 e. The predicted octanol–water partition coefficient (Wildman–Crippen LogP) is 2.81. The molecule has 0 aliphatic heterocycles. The molecule has 0 aliphatic rings. The first-order chi connectivity index (χ1) is 13.4. The van der Waals surface area contributed by atoms with Crippen molar-refractivity contribution in [3.05, 3.63) is 64.2 Å². The van der Waals surface area contributed by atoms with Crippen molar-refractivity contribution >= 4 is 29.3 Å². The van der Waals surface area contributed by atoms with Crippen LogP contribution in [-0.2, 0) is 14.3 Å². The molecule has 0 spiro atoms. The Balaban J connectivity index is 1.93. The van der Waals surface area contributed by atoms with Crippen LogP contribution < -0.4 is 14.8 Å². The first-order valence-electron chi connectivity index (χ1n) is 8.04. The Bertz CT molecular complexity index is 887. The van der Waals surface area contributed by atoms with E-state index in [4.69, 9.17) is 14.2 Å². The van der Waals surface area contributed by atoms with Gasteiger partial charge in [0.1, 0.15) is 11.5 Å². The van der Waals surface area contributed by atoms with Crippen molar-refractivity contribution in [1.29, 1.82) is 0 Å². The Kier molecular flexibility index (Phi) is 7.09. The van der Waals surface area contributed by atoms with Crippen molar-refractivity contribution in [2.24, 2.45) is 0 Å². The van der Waals surface area contributed by atoms with Crippen LogP contribution in [0.25, 0.3) is 6.08 Å². The van der Waals surface area contributed by atoms with Crippen molar-refractivity contribution in [3.63, 3.8) is 0 Å². The molecule has 146 valence electrons. The van der Waals surface area contributed by atoms with Crippen molar-refractivity contribution in [2.45, 2.75) is 0 Å². The third kappa shape index (κ3) is 5.84. The van der Waals surface area contributed by atoms with Crippen LogP contribution in [0.3, 0.4) is 0 Å². The first-order valence-corrected chi connectivity index (χ1v) is 8.04. The van der Waals surface area contributed by atoms with Crippen molar-refractivity contribution < 1.29 is 28.7 Å². The molecule has 0 aliphatic carbocycles. The maximum atomic E-state index is 12.0. The summed E-state index contributed by atoms with van der Waals surface area (Å²) in [5.41, 5.74) is 0.515. The minimum Gasteiger partial charge on any atom is -0.497 e. The summed E-state index contributed by atoms with van der Waals surface area (Å²) in [6.07, 6.45) is 2.27. The molecule has 2 rings (SSSR count). The van der Waals surface area contributed by atoms with Gasteiger partial charge in [0, 0.05) is 36.0 Å². The highest BCUT2D eigenvalue weighted by atomic mass is 16.6. The van der Waals surface area contributed by atoms with Gasteiger partial charge in [-0.2, -0.15) is 0 Å². The van der Waals surface area contributed by atoms with E-state index in [0.717, 1.165) is 6.08 Å². The maximum absolute atomic E-state index is 12.0. The molecule has 1 amide bonds. The zero-order valence-corrected chi connectivity index (χ0v) is 15.2. The van der Waals surface area contributed by atoms with Gasteiger partial charge in [0.15, 0.2) is 6.61 Å². The van der Waals surface area contributed by atoms with Crippen molar-refractivity contribution in [3.8, 4) is 11.5 Å². The maximum Gasteiger partial charge on any atom is 0.331 e. The second-order valence-corrected chi connectivity index (χ2v) is 5.41.